The highest BCUT2D eigenvalue weighted by Gasteiger charge is 2.48. The zero-order valence-corrected chi connectivity index (χ0v) is 20.6. The predicted molar refractivity (Wildman–Crippen MR) is 132 cm³/mol. The highest BCUT2D eigenvalue weighted by Crippen LogP contribution is 2.47. The Bertz CT molecular complexity index is 897. The van der Waals surface area contributed by atoms with Crippen LogP contribution < -0.4 is 10.6 Å². The number of aromatic nitrogens is 1. The van der Waals surface area contributed by atoms with Gasteiger partial charge in [-0.15, -0.1) is 0 Å². The van der Waals surface area contributed by atoms with E-state index in [0.29, 0.717) is 11.7 Å². The van der Waals surface area contributed by atoms with Crippen LogP contribution in [0.2, 0.25) is 0 Å². The molecule has 2 N–H and O–H groups in total. The van der Waals surface area contributed by atoms with Gasteiger partial charge < -0.3 is 10.2 Å². The van der Waals surface area contributed by atoms with Crippen molar-refractivity contribution in [3.05, 3.63) is 35.5 Å². The maximum atomic E-state index is 9.28. The Balaban J connectivity index is 1.34. The van der Waals surface area contributed by atoms with Crippen molar-refractivity contribution < 1.29 is 0 Å². The van der Waals surface area contributed by atoms with Gasteiger partial charge in [0.25, 0.3) is 0 Å². The zero-order chi connectivity index (χ0) is 23.0. The van der Waals surface area contributed by atoms with E-state index in [1.807, 2.05) is 6.07 Å². The third-order valence-electron chi connectivity index (χ3n) is 8.93. The van der Waals surface area contributed by atoms with E-state index in [0.717, 1.165) is 30.1 Å². The van der Waals surface area contributed by atoms with Gasteiger partial charge in [0, 0.05) is 25.3 Å². The van der Waals surface area contributed by atoms with Crippen molar-refractivity contribution in [2.75, 3.05) is 31.5 Å². The Morgan fingerprint density at radius 2 is 1.97 bits per heavy atom. The lowest BCUT2D eigenvalue weighted by molar-refractivity contribution is 0.0876. The van der Waals surface area contributed by atoms with Gasteiger partial charge in [0.1, 0.15) is 5.82 Å². The second kappa shape index (κ2) is 9.37. The summed E-state index contributed by atoms with van der Waals surface area (Å²) in [4.78, 5) is 9.88. The molecule has 0 spiro atoms. The standard InChI is InChI=1S/C27H40N6/c1-4-23(5-2)32-10-7-27(3,8-11-32)22-14-25(30-24-12-19(16-28)6-9-29-24)31-26(15-22)33-17-20-13-21(20)18-33/h6,9,12,14,20-21,23,25-26,31H,4-5,7-8,10-11,13,15,17-18H2,1-3H3,(H,29,30). The molecular weight excluding hydrogens is 408 g/mol. The lowest BCUT2D eigenvalue weighted by Gasteiger charge is -2.47. The van der Waals surface area contributed by atoms with Gasteiger partial charge >= 0.3 is 0 Å². The molecule has 4 heterocycles. The number of rotatable bonds is 7. The zero-order valence-electron chi connectivity index (χ0n) is 20.6. The monoisotopic (exact) mass is 448 g/mol. The number of likely N-dealkylation sites (tertiary alicyclic amines) is 2. The molecule has 5 rings (SSSR count). The maximum Gasteiger partial charge on any atom is 0.128 e. The SMILES string of the molecule is CCC(CC)N1CCC(C)(C2=CC(Nc3cc(C#N)ccn3)NC(N3CC4CC4C3)C2)CC1. The number of pyridine rings is 1. The van der Waals surface area contributed by atoms with Gasteiger partial charge in [-0.05, 0) is 87.1 Å². The fourth-order valence-electron chi connectivity index (χ4n) is 6.49. The van der Waals surface area contributed by atoms with Crippen molar-refractivity contribution >= 4 is 5.82 Å². The summed E-state index contributed by atoms with van der Waals surface area (Å²) in [6, 6.07) is 6.56. The van der Waals surface area contributed by atoms with Crippen LogP contribution in [0.25, 0.3) is 0 Å². The van der Waals surface area contributed by atoms with E-state index < -0.39 is 0 Å². The molecule has 1 aliphatic carbocycles. The van der Waals surface area contributed by atoms with Gasteiger partial charge in [-0.2, -0.15) is 5.26 Å². The van der Waals surface area contributed by atoms with Crippen LogP contribution in [0.4, 0.5) is 5.82 Å². The average Bonchev–Trinajstić information content (AvgIpc) is 3.45. The average molecular weight is 449 g/mol. The molecule has 0 aromatic carbocycles. The fraction of sp³-hybridized carbons (Fsp3) is 0.704. The fourth-order valence-corrected chi connectivity index (χ4v) is 6.49. The van der Waals surface area contributed by atoms with Crippen LogP contribution in [0.1, 0.15) is 64.9 Å². The maximum absolute atomic E-state index is 9.28. The second-order valence-electron chi connectivity index (χ2n) is 11.0. The summed E-state index contributed by atoms with van der Waals surface area (Å²) in [5.41, 5.74) is 2.50. The number of anilines is 1. The summed E-state index contributed by atoms with van der Waals surface area (Å²) in [5, 5.41) is 16.7. The Morgan fingerprint density at radius 3 is 2.64 bits per heavy atom. The molecule has 6 nitrogen and oxygen atoms in total. The third-order valence-corrected chi connectivity index (χ3v) is 8.93. The minimum atomic E-state index is 0.0333. The Labute approximate surface area is 199 Å². The molecule has 1 saturated carbocycles. The molecule has 0 amide bonds. The van der Waals surface area contributed by atoms with Crippen molar-refractivity contribution in [1.82, 2.24) is 20.1 Å². The lowest BCUT2D eigenvalue weighted by Crippen LogP contribution is -2.55. The van der Waals surface area contributed by atoms with Crippen molar-refractivity contribution in [1.29, 1.82) is 5.26 Å². The summed E-state index contributed by atoms with van der Waals surface area (Å²) in [6.07, 6.45) is 12.1. The molecule has 33 heavy (non-hydrogen) atoms. The molecule has 2 saturated heterocycles. The van der Waals surface area contributed by atoms with Crippen LogP contribution in [0.5, 0.6) is 0 Å². The van der Waals surface area contributed by atoms with Crippen LogP contribution >= 0.6 is 0 Å². The van der Waals surface area contributed by atoms with Gasteiger partial charge in [0.2, 0.25) is 0 Å². The minimum absolute atomic E-state index is 0.0333. The van der Waals surface area contributed by atoms with Crippen molar-refractivity contribution in [2.24, 2.45) is 17.3 Å². The van der Waals surface area contributed by atoms with Crippen LogP contribution in [0.15, 0.2) is 30.0 Å². The van der Waals surface area contributed by atoms with E-state index in [4.69, 9.17) is 0 Å². The van der Waals surface area contributed by atoms with E-state index in [1.165, 1.54) is 58.3 Å². The number of hydrogen-bond acceptors (Lipinski definition) is 6. The topological polar surface area (TPSA) is 67.2 Å². The van der Waals surface area contributed by atoms with Gasteiger partial charge in [-0.25, -0.2) is 4.98 Å². The summed E-state index contributed by atoms with van der Waals surface area (Å²) in [5.74, 6) is 2.63. The molecular formula is C27H40N6. The highest BCUT2D eigenvalue weighted by atomic mass is 15.3. The largest absolute Gasteiger partial charge is 0.351 e. The number of nitrogens with zero attached hydrogens (tertiary/aromatic N) is 4. The first-order chi connectivity index (χ1) is 16.0. The summed E-state index contributed by atoms with van der Waals surface area (Å²) < 4.78 is 0. The van der Waals surface area contributed by atoms with Crippen LogP contribution in [-0.2, 0) is 0 Å². The van der Waals surface area contributed by atoms with Crippen LogP contribution in [0.3, 0.4) is 0 Å². The van der Waals surface area contributed by atoms with E-state index in [1.54, 1.807) is 17.8 Å². The first-order valence-electron chi connectivity index (χ1n) is 13.1. The predicted octanol–water partition coefficient (Wildman–Crippen LogP) is 4.18. The second-order valence-corrected chi connectivity index (χ2v) is 11.0. The van der Waals surface area contributed by atoms with E-state index in [2.05, 4.69) is 58.3 Å². The number of fused-ring (bicyclic) bond motifs is 1. The first kappa shape index (κ1) is 22.8. The third kappa shape index (κ3) is 4.82. The van der Waals surface area contributed by atoms with Gasteiger partial charge in [0.15, 0.2) is 0 Å². The Morgan fingerprint density at radius 1 is 1.24 bits per heavy atom. The molecule has 6 heteroatoms. The molecule has 4 unspecified atom stereocenters. The number of hydrogen-bond donors (Lipinski definition) is 2. The molecule has 178 valence electrons. The Kier molecular flexibility index (Phi) is 6.48. The summed E-state index contributed by atoms with van der Waals surface area (Å²) >= 11 is 0. The normalized spacial score (nSPS) is 31.7. The number of nitrogens with one attached hydrogen (secondary N) is 2. The quantitative estimate of drug-likeness (QED) is 0.610. The van der Waals surface area contributed by atoms with E-state index in [9.17, 15) is 5.26 Å². The number of piperidine rings is 2. The molecule has 4 atom stereocenters. The summed E-state index contributed by atoms with van der Waals surface area (Å²) in [6.45, 7) is 12.0. The summed E-state index contributed by atoms with van der Waals surface area (Å²) in [7, 11) is 0. The van der Waals surface area contributed by atoms with Crippen LogP contribution in [0, 0.1) is 28.6 Å². The molecule has 0 radical (unpaired) electrons. The lowest BCUT2D eigenvalue weighted by atomic mass is 9.71. The molecule has 0 bridgehead atoms. The van der Waals surface area contributed by atoms with E-state index >= 15 is 0 Å². The molecule has 3 fully saturated rings. The molecule has 4 aliphatic rings. The van der Waals surface area contributed by atoms with E-state index in [-0.39, 0.29) is 11.6 Å². The molecule has 1 aromatic heterocycles. The minimum Gasteiger partial charge on any atom is -0.351 e. The van der Waals surface area contributed by atoms with Crippen LogP contribution in [-0.4, -0.2) is 59.3 Å². The van der Waals surface area contributed by atoms with Crippen molar-refractivity contribution in [3.63, 3.8) is 0 Å². The Hall–Kier alpha value is -1.94. The first-order valence-corrected chi connectivity index (χ1v) is 13.1. The van der Waals surface area contributed by atoms with Gasteiger partial charge in [-0.3, -0.25) is 10.2 Å². The van der Waals surface area contributed by atoms with Gasteiger partial charge in [-0.1, -0.05) is 26.3 Å². The molecule has 3 aliphatic heterocycles. The molecule has 1 aromatic rings. The van der Waals surface area contributed by atoms with Gasteiger partial charge in [0.05, 0.1) is 24.0 Å². The highest BCUT2D eigenvalue weighted by molar-refractivity contribution is 5.44. The van der Waals surface area contributed by atoms with Crippen molar-refractivity contribution in [3.8, 4) is 6.07 Å². The number of nitriles is 1. The smallest absolute Gasteiger partial charge is 0.128 e. The van der Waals surface area contributed by atoms with Crippen molar-refractivity contribution in [2.45, 2.75) is 77.7 Å².